The van der Waals surface area contributed by atoms with Gasteiger partial charge in [0.15, 0.2) is 11.5 Å². The van der Waals surface area contributed by atoms with Gasteiger partial charge in [0.05, 0.1) is 5.02 Å². The number of nitrogens with one attached hydrogen (secondary N) is 1. The zero-order valence-electron chi connectivity index (χ0n) is 14.5. The van der Waals surface area contributed by atoms with E-state index in [0.29, 0.717) is 11.3 Å². The Balaban J connectivity index is 2.20. The Morgan fingerprint density at radius 2 is 1.81 bits per heavy atom. The molecule has 27 heavy (non-hydrogen) atoms. The average Bonchev–Trinajstić information content (AvgIpc) is 2.63. The standard InChI is InChI=1S/C19H16ClN3O4/c1-23(2)19(27)12-3-5-14(6-4-12)22-18(26)13(10-21)7-11-8-15(20)17(25)16(24)9-11/h3-9,24-25H,1-2H3,(H,22,26)/b13-7+. The van der Waals surface area contributed by atoms with Gasteiger partial charge in [-0.1, -0.05) is 11.6 Å². The Kier molecular flexibility index (Phi) is 6.06. The van der Waals surface area contributed by atoms with Gasteiger partial charge in [-0.15, -0.1) is 0 Å². The van der Waals surface area contributed by atoms with Crippen LogP contribution in [0, 0.1) is 11.3 Å². The van der Waals surface area contributed by atoms with Crippen LogP contribution in [0.4, 0.5) is 5.69 Å². The molecule has 0 aromatic heterocycles. The van der Waals surface area contributed by atoms with Gasteiger partial charge in [0.25, 0.3) is 11.8 Å². The first-order valence-electron chi connectivity index (χ1n) is 7.69. The van der Waals surface area contributed by atoms with Crippen LogP contribution in [0.2, 0.25) is 5.02 Å². The fourth-order valence-electron chi connectivity index (χ4n) is 2.16. The second-order valence-corrected chi connectivity index (χ2v) is 6.18. The lowest BCUT2D eigenvalue weighted by Gasteiger charge is -2.11. The molecule has 0 atom stereocenters. The molecule has 0 unspecified atom stereocenters. The van der Waals surface area contributed by atoms with Gasteiger partial charge in [-0.3, -0.25) is 9.59 Å². The molecule has 0 aliphatic carbocycles. The Morgan fingerprint density at radius 1 is 1.19 bits per heavy atom. The minimum Gasteiger partial charge on any atom is -0.504 e. The maximum absolute atomic E-state index is 12.3. The first kappa shape index (κ1) is 19.8. The summed E-state index contributed by atoms with van der Waals surface area (Å²) in [5.74, 6) is -1.79. The molecule has 0 radical (unpaired) electrons. The molecule has 0 saturated heterocycles. The fourth-order valence-corrected chi connectivity index (χ4v) is 2.38. The lowest BCUT2D eigenvalue weighted by molar-refractivity contribution is -0.112. The summed E-state index contributed by atoms with van der Waals surface area (Å²) in [5.41, 5.74) is 0.907. The smallest absolute Gasteiger partial charge is 0.266 e. The third-order valence-corrected chi connectivity index (χ3v) is 3.83. The zero-order valence-corrected chi connectivity index (χ0v) is 15.3. The molecule has 0 spiro atoms. The first-order chi connectivity index (χ1) is 12.7. The van der Waals surface area contributed by atoms with E-state index in [4.69, 9.17) is 11.6 Å². The van der Waals surface area contributed by atoms with E-state index in [0.717, 1.165) is 0 Å². The summed E-state index contributed by atoms with van der Waals surface area (Å²) in [6.45, 7) is 0. The van der Waals surface area contributed by atoms with Crippen LogP contribution < -0.4 is 5.32 Å². The molecule has 0 fully saturated rings. The van der Waals surface area contributed by atoms with E-state index in [9.17, 15) is 25.1 Å². The third kappa shape index (κ3) is 4.77. The molecule has 0 saturated carbocycles. The number of amides is 2. The molecule has 0 bridgehead atoms. The normalized spacial score (nSPS) is 10.8. The van der Waals surface area contributed by atoms with Crippen molar-refractivity contribution in [2.45, 2.75) is 0 Å². The van der Waals surface area contributed by atoms with Crippen LogP contribution in [0.1, 0.15) is 15.9 Å². The molecule has 138 valence electrons. The highest BCUT2D eigenvalue weighted by atomic mass is 35.5. The molecular formula is C19H16ClN3O4. The monoisotopic (exact) mass is 385 g/mol. The van der Waals surface area contributed by atoms with E-state index in [2.05, 4.69) is 5.32 Å². The highest BCUT2D eigenvalue weighted by molar-refractivity contribution is 6.32. The largest absolute Gasteiger partial charge is 0.504 e. The number of halogens is 1. The number of aromatic hydroxyl groups is 2. The van der Waals surface area contributed by atoms with Crippen molar-refractivity contribution in [1.29, 1.82) is 5.26 Å². The summed E-state index contributed by atoms with van der Waals surface area (Å²) in [7, 11) is 3.27. The molecule has 2 aromatic rings. The summed E-state index contributed by atoms with van der Waals surface area (Å²) < 4.78 is 0. The van der Waals surface area contributed by atoms with Crippen molar-refractivity contribution < 1.29 is 19.8 Å². The third-order valence-electron chi connectivity index (χ3n) is 3.54. The van der Waals surface area contributed by atoms with Crippen molar-refractivity contribution in [3.63, 3.8) is 0 Å². The van der Waals surface area contributed by atoms with E-state index in [-0.39, 0.29) is 22.1 Å². The molecule has 2 rings (SSSR count). The predicted molar refractivity (Wildman–Crippen MR) is 101 cm³/mol. The minimum atomic E-state index is -0.673. The van der Waals surface area contributed by atoms with Crippen LogP contribution in [0.5, 0.6) is 11.5 Å². The summed E-state index contributed by atoms with van der Waals surface area (Å²) in [5, 5.41) is 30.7. The van der Waals surface area contributed by atoms with Crippen LogP contribution >= 0.6 is 11.6 Å². The number of anilines is 1. The molecule has 0 heterocycles. The van der Waals surface area contributed by atoms with Crippen molar-refractivity contribution in [1.82, 2.24) is 4.90 Å². The lowest BCUT2D eigenvalue weighted by Crippen LogP contribution is -2.21. The van der Waals surface area contributed by atoms with Crippen LogP contribution in [-0.4, -0.2) is 41.0 Å². The second kappa shape index (κ2) is 8.25. The molecule has 0 aliphatic heterocycles. The summed E-state index contributed by atoms with van der Waals surface area (Å²) in [4.78, 5) is 25.6. The topological polar surface area (TPSA) is 114 Å². The molecule has 7 nitrogen and oxygen atoms in total. The van der Waals surface area contributed by atoms with Gasteiger partial charge < -0.3 is 20.4 Å². The van der Waals surface area contributed by atoms with E-state index in [1.54, 1.807) is 44.4 Å². The number of hydrogen-bond acceptors (Lipinski definition) is 5. The maximum atomic E-state index is 12.3. The van der Waals surface area contributed by atoms with Crippen LogP contribution in [0.3, 0.4) is 0 Å². The van der Waals surface area contributed by atoms with Gasteiger partial charge in [-0.25, -0.2) is 0 Å². The number of hydrogen-bond donors (Lipinski definition) is 3. The molecule has 3 N–H and O–H groups in total. The molecule has 2 aromatic carbocycles. The van der Waals surface area contributed by atoms with E-state index < -0.39 is 17.4 Å². The first-order valence-corrected chi connectivity index (χ1v) is 8.07. The van der Waals surface area contributed by atoms with E-state index in [1.165, 1.54) is 23.1 Å². The zero-order chi connectivity index (χ0) is 20.1. The summed E-state index contributed by atoms with van der Waals surface area (Å²) in [6.07, 6.45) is 1.23. The number of phenolic OH excluding ortho intramolecular Hbond substituents is 2. The highest BCUT2D eigenvalue weighted by Gasteiger charge is 2.13. The molecule has 8 heteroatoms. The number of benzene rings is 2. The maximum Gasteiger partial charge on any atom is 0.266 e. The lowest BCUT2D eigenvalue weighted by atomic mass is 10.1. The van der Waals surface area contributed by atoms with Crippen LogP contribution in [0.15, 0.2) is 42.0 Å². The molecule has 0 aliphatic rings. The van der Waals surface area contributed by atoms with Gasteiger partial charge in [-0.05, 0) is 48.0 Å². The average molecular weight is 386 g/mol. The predicted octanol–water partition coefficient (Wildman–Crippen LogP) is 3.00. The summed E-state index contributed by atoms with van der Waals surface area (Å²) >= 11 is 5.76. The van der Waals surface area contributed by atoms with Crippen molar-refractivity contribution in [2.24, 2.45) is 0 Å². The Hall–Kier alpha value is -3.50. The number of phenols is 2. The fraction of sp³-hybridized carbons (Fsp3) is 0.105. The van der Waals surface area contributed by atoms with Crippen LogP contribution in [0.25, 0.3) is 6.08 Å². The second-order valence-electron chi connectivity index (χ2n) is 5.77. The number of nitrogens with zero attached hydrogens (tertiary/aromatic N) is 2. The van der Waals surface area contributed by atoms with Gasteiger partial charge in [0, 0.05) is 25.3 Å². The number of carbonyl (C=O) groups excluding carboxylic acids is 2. The molecular weight excluding hydrogens is 370 g/mol. The van der Waals surface area contributed by atoms with Crippen molar-refractivity contribution in [3.8, 4) is 17.6 Å². The highest BCUT2D eigenvalue weighted by Crippen LogP contribution is 2.34. The van der Waals surface area contributed by atoms with Crippen molar-refractivity contribution >= 4 is 35.2 Å². The van der Waals surface area contributed by atoms with Gasteiger partial charge in [-0.2, -0.15) is 5.26 Å². The Morgan fingerprint density at radius 3 is 2.33 bits per heavy atom. The van der Waals surface area contributed by atoms with E-state index in [1.807, 2.05) is 0 Å². The number of carbonyl (C=O) groups is 2. The number of rotatable bonds is 4. The Labute approximate surface area is 160 Å². The number of nitriles is 1. The minimum absolute atomic E-state index is 0.111. The quantitative estimate of drug-likeness (QED) is 0.425. The van der Waals surface area contributed by atoms with Crippen LogP contribution in [-0.2, 0) is 4.79 Å². The Bertz CT molecular complexity index is 937. The van der Waals surface area contributed by atoms with Gasteiger partial charge in [0.1, 0.15) is 11.6 Å². The van der Waals surface area contributed by atoms with E-state index >= 15 is 0 Å². The van der Waals surface area contributed by atoms with Gasteiger partial charge in [0.2, 0.25) is 0 Å². The van der Waals surface area contributed by atoms with Gasteiger partial charge >= 0.3 is 0 Å². The van der Waals surface area contributed by atoms with Crippen molar-refractivity contribution in [2.75, 3.05) is 19.4 Å². The summed E-state index contributed by atoms with van der Waals surface area (Å²) in [6, 6.07) is 10.5. The SMILES string of the molecule is CN(C)C(=O)c1ccc(NC(=O)/C(C#N)=C/c2cc(O)c(O)c(Cl)c2)cc1. The van der Waals surface area contributed by atoms with Crippen molar-refractivity contribution in [3.05, 3.63) is 58.1 Å². The molecule has 2 amide bonds.